The van der Waals surface area contributed by atoms with Crippen molar-refractivity contribution in [2.45, 2.75) is 26.4 Å². The highest BCUT2D eigenvalue weighted by Crippen LogP contribution is 2.27. The van der Waals surface area contributed by atoms with E-state index in [1.807, 2.05) is 24.3 Å². The fraction of sp³-hybridized carbons (Fsp3) is 0.200. The number of hydrogen-bond acceptors (Lipinski definition) is 4. The minimum Gasteiger partial charge on any atom is -0.495 e. The fourth-order valence-electron chi connectivity index (χ4n) is 2.96. The van der Waals surface area contributed by atoms with Gasteiger partial charge < -0.3 is 20.1 Å². The zero-order valence-corrected chi connectivity index (χ0v) is 18.9. The largest absolute Gasteiger partial charge is 0.495 e. The molecule has 0 aliphatic heterocycles. The van der Waals surface area contributed by atoms with Crippen molar-refractivity contribution in [1.29, 1.82) is 0 Å². The van der Waals surface area contributed by atoms with E-state index in [1.54, 1.807) is 49.4 Å². The Morgan fingerprint density at radius 2 is 1.59 bits per heavy atom. The first-order valence-corrected chi connectivity index (χ1v) is 10.6. The predicted octanol–water partition coefficient (Wildman–Crippen LogP) is 5.57. The van der Waals surface area contributed by atoms with Crippen molar-refractivity contribution in [2.75, 3.05) is 17.7 Å². The molecule has 0 bridgehead atoms. The summed E-state index contributed by atoms with van der Waals surface area (Å²) >= 11 is 6.09. The summed E-state index contributed by atoms with van der Waals surface area (Å²) in [6, 6.07) is 19.2. The van der Waals surface area contributed by atoms with Crippen LogP contribution < -0.4 is 20.1 Å². The number of hydrogen-bond donors (Lipinski definition) is 2. The molecule has 0 aromatic heterocycles. The van der Waals surface area contributed by atoms with E-state index in [0.717, 1.165) is 6.42 Å². The molecule has 3 aromatic carbocycles. The molecular weight excluding hydrogens is 428 g/mol. The monoisotopic (exact) mass is 452 g/mol. The molecule has 1 atom stereocenters. The van der Waals surface area contributed by atoms with Crippen molar-refractivity contribution < 1.29 is 19.1 Å². The summed E-state index contributed by atoms with van der Waals surface area (Å²) in [5, 5.41) is 6.02. The van der Waals surface area contributed by atoms with Crippen molar-refractivity contribution >= 4 is 34.8 Å². The predicted molar refractivity (Wildman–Crippen MR) is 127 cm³/mol. The maximum Gasteiger partial charge on any atom is 0.265 e. The molecule has 0 aliphatic rings. The molecule has 0 unspecified atom stereocenters. The van der Waals surface area contributed by atoms with Gasteiger partial charge in [0.25, 0.3) is 11.8 Å². The SMILES string of the molecule is CCc1ccc(NC(=O)[C@H](C)Oc2ccc(C(=O)Nc3ccc(OC)c(Cl)c3)cc2)cc1. The van der Waals surface area contributed by atoms with E-state index in [2.05, 4.69) is 17.6 Å². The highest BCUT2D eigenvalue weighted by Gasteiger charge is 2.15. The van der Waals surface area contributed by atoms with Crippen molar-refractivity contribution in [1.82, 2.24) is 0 Å². The highest BCUT2D eigenvalue weighted by atomic mass is 35.5. The lowest BCUT2D eigenvalue weighted by Crippen LogP contribution is -2.30. The van der Waals surface area contributed by atoms with Gasteiger partial charge >= 0.3 is 0 Å². The molecule has 0 radical (unpaired) electrons. The Balaban J connectivity index is 1.56. The third-order valence-electron chi connectivity index (χ3n) is 4.84. The van der Waals surface area contributed by atoms with Gasteiger partial charge in [0.15, 0.2) is 6.10 Å². The number of carbonyl (C=O) groups excluding carboxylic acids is 2. The molecule has 6 nitrogen and oxygen atoms in total. The number of nitrogens with one attached hydrogen (secondary N) is 2. The number of aryl methyl sites for hydroxylation is 1. The molecule has 0 spiro atoms. The molecule has 166 valence electrons. The summed E-state index contributed by atoms with van der Waals surface area (Å²) in [6.07, 6.45) is 0.234. The minimum absolute atomic E-state index is 0.257. The average molecular weight is 453 g/mol. The standard InChI is InChI=1S/C25H25ClN2O4/c1-4-17-5-9-19(10-6-17)27-24(29)16(2)32-21-12-7-18(8-13-21)25(30)28-20-11-14-23(31-3)22(26)15-20/h5-16H,4H2,1-3H3,(H,27,29)(H,28,30)/t16-/m0/s1. The van der Waals surface area contributed by atoms with E-state index >= 15 is 0 Å². The molecule has 0 aliphatic carbocycles. The molecule has 0 saturated carbocycles. The molecule has 0 saturated heterocycles. The molecule has 0 heterocycles. The minimum atomic E-state index is -0.707. The van der Waals surface area contributed by atoms with E-state index in [4.69, 9.17) is 21.1 Å². The number of halogens is 1. The van der Waals surface area contributed by atoms with Crippen LogP contribution in [0.1, 0.15) is 29.8 Å². The summed E-state index contributed by atoms with van der Waals surface area (Å²) in [5.74, 6) is 0.465. The fourth-order valence-corrected chi connectivity index (χ4v) is 3.22. The summed E-state index contributed by atoms with van der Waals surface area (Å²) < 4.78 is 10.8. The van der Waals surface area contributed by atoms with Crippen molar-refractivity contribution in [3.63, 3.8) is 0 Å². The Bertz CT molecular complexity index is 1080. The van der Waals surface area contributed by atoms with Gasteiger partial charge in [-0.25, -0.2) is 0 Å². The molecular formula is C25H25ClN2O4. The van der Waals surface area contributed by atoms with E-state index in [0.29, 0.717) is 33.5 Å². The number of ether oxygens (including phenoxy) is 2. The average Bonchev–Trinajstić information content (AvgIpc) is 2.80. The Morgan fingerprint density at radius 3 is 2.19 bits per heavy atom. The van der Waals surface area contributed by atoms with Crippen LogP contribution in [0.25, 0.3) is 0 Å². The Morgan fingerprint density at radius 1 is 0.938 bits per heavy atom. The summed E-state index contributed by atoms with van der Waals surface area (Å²) in [5.41, 5.74) is 2.91. The van der Waals surface area contributed by atoms with Crippen LogP contribution in [0, 0.1) is 0 Å². The summed E-state index contributed by atoms with van der Waals surface area (Å²) in [7, 11) is 1.53. The van der Waals surface area contributed by atoms with Crippen LogP contribution in [-0.4, -0.2) is 25.0 Å². The van der Waals surface area contributed by atoms with Gasteiger partial charge in [-0.2, -0.15) is 0 Å². The number of amides is 2. The quantitative estimate of drug-likeness (QED) is 0.468. The Kier molecular flexibility index (Phi) is 7.73. The lowest BCUT2D eigenvalue weighted by Gasteiger charge is -2.15. The van der Waals surface area contributed by atoms with Gasteiger partial charge in [0.1, 0.15) is 11.5 Å². The number of methoxy groups -OCH3 is 1. The van der Waals surface area contributed by atoms with Crippen LogP contribution in [0.5, 0.6) is 11.5 Å². The van der Waals surface area contributed by atoms with Crippen LogP contribution in [0.3, 0.4) is 0 Å². The van der Waals surface area contributed by atoms with Gasteiger partial charge in [0.2, 0.25) is 0 Å². The Labute approximate surface area is 192 Å². The first-order valence-electron chi connectivity index (χ1n) is 10.2. The van der Waals surface area contributed by atoms with Gasteiger partial charge in [-0.1, -0.05) is 30.7 Å². The van der Waals surface area contributed by atoms with Crippen LogP contribution in [0.2, 0.25) is 5.02 Å². The second-order valence-electron chi connectivity index (χ2n) is 7.13. The third-order valence-corrected chi connectivity index (χ3v) is 5.13. The van der Waals surface area contributed by atoms with Crippen molar-refractivity contribution in [3.05, 3.63) is 82.9 Å². The van der Waals surface area contributed by atoms with Gasteiger partial charge in [-0.3, -0.25) is 9.59 Å². The van der Waals surface area contributed by atoms with E-state index in [-0.39, 0.29) is 11.8 Å². The normalized spacial score (nSPS) is 11.4. The smallest absolute Gasteiger partial charge is 0.265 e. The van der Waals surface area contributed by atoms with Crippen molar-refractivity contribution in [3.8, 4) is 11.5 Å². The lowest BCUT2D eigenvalue weighted by atomic mass is 10.1. The first kappa shape index (κ1) is 23.2. The number of anilines is 2. The molecule has 3 rings (SSSR count). The number of rotatable bonds is 8. The molecule has 7 heteroatoms. The number of benzene rings is 3. The highest BCUT2D eigenvalue weighted by molar-refractivity contribution is 6.32. The summed E-state index contributed by atoms with van der Waals surface area (Å²) in [4.78, 5) is 24.9. The van der Waals surface area contributed by atoms with Crippen LogP contribution in [-0.2, 0) is 11.2 Å². The molecule has 3 aromatic rings. The second-order valence-corrected chi connectivity index (χ2v) is 7.53. The Hall–Kier alpha value is -3.51. The van der Waals surface area contributed by atoms with Crippen LogP contribution >= 0.6 is 11.6 Å². The van der Waals surface area contributed by atoms with Gasteiger partial charge in [0, 0.05) is 16.9 Å². The maximum atomic E-state index is 12.5. The van der Waals surface area contributed by atoms with Gasteiger partial charge in [-0.05, 0) is 73.5 Å². The third kappa shape index (κ3) is 6.02. The zero-order valence-electron chi connectivity index (χ0n) is 18.1. The van der Waals surface area contributed by atoms with E-state index < -0.39 is 6.10 Å². The molecule has 2 amide bonds. The maximum absolute atomic E-state index is 12.5. The van der Waals surface area contributed by atoms with Gasteiger partial charge in [0.05, 0.1) is 12.1 Å². The molecule has 0 fully saturated rings. The number of carbonyl (C=O) groups is 2. The molecule has 32 heavy (non-hydrogen) atoms. The topological polar surface area (TPSA) is 76.7 Å². The lowest BCUT2D eigenvalue weighted by molar-refractivity contribution is -0.122. The second kappa shape index (κ2) is 10.7. The molecule has 2 N–H and O–H groups in total. The van der Waals surface area contributed by atoms with Crippen molar-refractivity contribution in [2.24, 2.45) is 0 Å². The zero-order chi connectivity index (χ0) is 23.1. The summed E-state index contributed by atoms with van der Waals surface area (Å²) in [6.45, 7) is 3.75. The first-order chi connectivity index (χ1) is 15.4. The van der Waals surface area contributed by atoms with Gasteiger partial charge in [-0.15, -0.1) is 0 Å². The van der Waals surface area contributed by atoms with Crippen LogP contribution in [0.4, 0.5) is 11.4 Å². The van der Waals surface area contributed by atoms with E-state index in [1.165, 1.54) is 12.7 Å². The van der Waals surface area contributed by atoms with E-state index in [9.17, 15) is 9.59 Å². The van der Waals surface area contributed by atoms with Crippen LogP contribution in [0.15, 0.2) is 66.7 Å².